The Morgan fingerprint density at radius 3 is 2.27 bits per heavy atom. The van der Waals surface area contributed by atoms with Crippen molar-refractivity contribution in [2.75, 3.05) is 7.05 Å². The summed E-state index contributed by atoms with van der Waals surface area (Å²) in [5.41, 5.74) is 3.39. The highest BCUT2D eigenvalue weighted by atomic mass is 16.4. The molecule has 128 valence electrons. The zero-order valence-corrected chi connectivity index (χ0v) is 13.9. The molecule has 2 N–H and O–H groups in total. The van der Waals surface area contributed by atoms with Crippen molar-refractivity contribution >= 4 is 11.9 Å². The molecule has 26 heavy (non-hydrogen) atoms. The maximum Gasteiger partial charge on any atom is 0.335 e. The zero-order valence-electron chi connectivity index (χ0n) is 13.9. The van der Waals surface area contributed by atoms with E-state index in [0.717, 1.165) is 16.8 Å². The van der Waals surface area contributed by atoms with Gasteiger partial charge in [-0.15, -0.1) is 0 Å². The maximum atomic E-state index is 11.2. The number of rotatable bonds is 4. The standard InChI is InChI=1S/C20H14N2O4/c1-21-10-16-11-22(17-7-5-13(6-8-17)19(23)24)12-18(16)14-3-2-4-15(9-14)20(25)26/h2-9,11-12H,1H3,(H-,23,24,25,26)/p+1. The molecule has 0 aliphatic rings. The van der Waals surface area contributed by atoms with Crippen LogP contribution < -0.4 is 0 Å². The first-order chi connectivity index (χ1) is 12.5. The van der Waals surface area contributed by atoms with Crippen LogP contribution >= 0.6 is 0 Å². The summed E-state index contributed by atoms with van der Waals surface area (Å²) < 4.78 is 1.82. The number of aromatic nitrogens is 1. The molecule has 0 saturated heterocycles. The third-order valence-corrected chi connectivity index (χ3v) is 3.89. The van der Waals surface area contributed by atoms with Gasteiger partial charge in [-0.25, -0.2) is 9.59 Å². The summed E-state index contributed by atoms with van der Waals surface area (Å²) in [4.78, 5) is 26.1. The molecular formula is C20H15N2O4+. The zero-order chi connectivity index (χ0) is 18.7. The van der Waals surface area contributed by atoms with Crippen molar-refractivity contribution in [3.05, 3.63) is 82.5 Å². The number of carboxylic acids is 2. The van der Waals surface area contributed by atoms with Gasteiger partial charge in [0.15, 0.2) is 0 Å². The van der Waals surface area contributed by atoms with Gasteiger partial charge in [0.1, 0.15) is 5.56 Å². The van der Waals surface area contributed by atoms with Crippen LogP contribution in [0.2, 0.25) is 0 Å². The highest BCUT2D eigenvalue weighted by Gasteiger charge is 2.14. The lowest BCUT2D eigenvalue weighted by Crippen LogP contribution is -1.97. The summed E-state index contributed by atoms with van der Waals surface area (Å²) in [6.07, 6.45) is 3.65. The van der Waals surface area contributed by atoms with Crippen molar-refractivity contribution in [2.24, 2.45) is 0 Å². The Morgan fingerprint density at radius 1 is 0.962 bits per heavy atom. The van der Waals surface area contributed by atoms with E-state index >= 15 is 0 Å². The fourth-order valence-corrected chi connectivity index (χ4v) is 2.64. The van der Waals surface area contributed by atoms with Crippen molar-refractivity contribution in [1.82, 2.24) is 4.57 Å². The van der Waals surface area contributed by atoms with Gasteiger partial charge in [-0.3, -0.25) is 0 Å². The Balaban J connectivity index is 2.09. The van der Waals surface area contributed by atoms with Crippen LogP contribution in [0.5, 0.6) is 0 Å². The molecule has 3 aromatic rings. The summed E-state index contributed by atoms with van der Waals surface area (Å²) in [5.74, 6) is -1.98. The molecule has 0 unspecified atom stereocenters. The largest absolute Gasteiger partial charge is 0.478 e. The minimum atomic E-state index is -0.995. The molecule has 0 atom stereocenters. The number of carbonyl (C=O) groups is 2. The van der Waals surface area contributed by atoms with Gasteiger partial charge in [0.05, 0.1) is 11.1 Å². The third-order valence-electron chi connectivity index (χ3n) is 3.89. The Morgan fingerprint density at radius 2 is 1.65 bits per heavy atom. The van der Waals surface area contributed by atoms with Gasteiger partial charge in [-0.05, 0) is 42.0 Å². The van der Waals surface area contributed by atoms with Crippen LogP contribution in [0.15, 0.2) is 60.9 Å². The number of carboxylic acid groups (broad SMARTS) is 2. The molecule has 1 aromatic heterocycles. The third kappa shape index (κ3) is 3.32. The topological polar surface area (TPSA) is 83.9 Å². The predicted octanol–water partition coefficient (Wildman–Crippen LogP) is 3.85. The van der Waals surface area contributed by atoms with Crippen molar-refractivity contribution < 1.29 is 19.8 Å². The monoisotopic (exact) mass is 347 g/mol. The van der Waals surface area contributed by atoms with E-state index in [1.807, 2.05) is 23.0 Å². The predicted molar refractivity (Wildman–Crippen MR) is 97.4 cm³/mol. The molecular weight excluding hydrogens is 332 g/mol. The quantitative estimate of drug-likeness (QED) is 0.751. The molecule has 0 bridgehead atoms. The molecule has 1 heterocycles. The normalized spacial score (nSPS) is 10.0. The van der Waals surface area contributed by atoms with Gasteiger partial charge in [0.25, 0.3) is 7.05 Å². The first kappa shape index (κ1) is 17.0. The average molecular weight is 347 g/mol. The van der Waals surface area contributed by atoms with E-state index in [2.05, 4.69) is 10.9 Å². The Hall–Kier alpha value is -3.85. The number of nitrogens with zero attached hydrogens (tertiary/aromatic N) is 2. The van der Waals surface area contributed by atoms with Gasteiger partial charge in [-0.2, -0.15) is 0 Å². The number of benzene rings is 2. The fraction of sp³-hybridized carbons (Fsp3) is 0.0500. The lowest BCUT2D eigenvalue weighted by molar-refractivity contribution is 0.0686. The van der Waals surface area contributed by atoms with Crippen LogP contribution in [-0.2, 0) is 0 Å². The van der Waals surface area contributed by atoms with E-state index < -0.39 is 11.9 Å². The number of hydrogen-bond acceptors (Lipinski definition) is 2. The SMILES string of the molecule is C[N+]#Cc1cn(-c2ccc(C(=O)O)cc2)cc1-c1cccc(C(=O)O)c1. The number of hydrogen-bond donors (Lipinski definition) is 2. The molecule has 0 amide bonds. The van der Waals surface area contributed by atoms with Crippen molar-refractivity contribution in [2.45, 2.75) is 0 Å². The minimum Gasteiger partial charge on any atom is -0.478 e. The van der Waals surface area contributed by atoms with E-state index in [1.165, 1.54) is 18.2 Å². The first-order valence-corrected chi connectivity index (χ1v) is 7.74. The molecule has 3 rings (SSSR count). The maximum absolute atomic E-state index is 11.2. The molecule has 6 heteroatoms. The van der Waals surface area contributed by atoms with Gasteiger partial charge in [0, 0.05) is 23.6 Å². The smallest absolute Gasteiger partial charge is 0.335 e. The molecule has 0 aliphatic heterocycles. The summed E-state index contributed by atoms with van der Waals surface area (Å²) in [5, 5.41) is 18.2. The van der Waals surface area contributed by atoms with Crippen LogP contribution in [0.3, 0.4) is 0 Å². The lowest BCUT2D eigenvalue weighted by atomic mass is 10.0. The Kier molecular flexibility index (Phi) is 4.54. The van der Waals surface area contributed by atoms with Crippen molar-refractivity contribution in [3.8, 4) is 22.9 Å². The van der Waals surface area contributed by atoms with E-state index in [1.54, 1.807) is 31.3 Å². The number of aromatic carboxylic acids is 2. The lowest BCUT2D eigenvalue weighted by Gasteiger charge is -2.03. The highest BCUT2D eigenvalue weighted by Crippen LogP contribution is 2.27. The highest BCUT2D eigenvalue weighted by molar-refractivity contribution is 5.90. The summed E-state index contributed by atoms with van der Waals surface area (Å²) >= 11 is 0. The molecule has 0 radical (unpaired) electrons. The van der Waals surface area contributed by atoms with E-state index in [0.29, 0.717) is 5.56 Å². The molecule has 0 fully saturated rings. The first-order valence-electron chi connectivity index (χ1n) is 7.74. The summed E-state index contributed by atoms with van der Waals surface area (Å²) in [6.45, 7) is 0. The fourth-order valence-electron chi connectivity index (χ4n) is 2.64. The Bertz CT molecular complexity index is 1050. The van der Waals surface area contributed by atoms with Crippen LogP contribution in [0.1, 0.15) is 26.3 Å². The molecule has 0 aliphatic carbocycles. The summed E-state index contributed by atoms with van der Waals surface area (Å²) in [6, 6.07) is 16.0. The molecule has 0 saturated carbocycles. The minimum absolute atomic E-state index is 0.195. The van der Waals surface area contributed by atoms with Gasteiger partial charge >= 0.3 is 18.0 Å². The van der Waals surface area contributed by atoms with Gasteiger partial charge in [0.2, 0.25) is 0 Å². The van der Waals surface area contributed by atoms with Crippen LogP contribution in [0.25, 0.3) is 21.7 Å². The second-order valence-corrected chi connectivity index (χ2v) is 5.57. The van der Waals surface area contributed by atoms with Gasteiger partial charge < -0.3 is 14.8 Å². The second kappa shape index (κ2) is 6.95. The van der Waals surface area contributed by atoms with Crippen LogP contribution in [0, 0.1) is 6.07 Å². The summed E-state index contributed by atoms with van der Waals surface area (Å²) in [7, 11) is 1.61. The second-order valence-electron chi connectivity index (χ2n) is 5.57. The van der Waals surface area contributed by atoms with Crippen LogP contribution in [0.4, 0.5) is 0 Å². The van der Waals surface area contributed by atoms with Crippen molar-refractivity contribution in [1.29, 1.82) is 0 Å². The average Bonchev–Trinajstić information content (AvgIpc) is 3.06. The molecule has 0 spiro atoms. The molecule has 6 nitrogen and oxygen atoms in total. The molecule has 2 aromatic carbocycles. The van der Waals surface area contributed by atoms with E-state index in [4.69, 9.17) is 5.11 Å². The van der Waals surface area contributed by atoms with Gasteiger partial charge in [-0.1, -0.05) is 17.0 Å². The van der Waals surface area contributed by atoms with Crippen LogP contribution in [-0.4, -0.2) is 33.8 Å². The Labute approximate surface area is 149 Å². The van der Waals surface area contributed by atoms with Crippen molar-refractivity contribution in [3.63, 3.8) is 0 Å². The van der Waals surface area contributed by atoms with E-state index in [9.17, 15) is 14.7 Å². The van der Waals surface area contributed by atoms with E-state index in [-0.39, 0.29) is 11.1 Å².